The molecule has 0 amide bonds. The minimum atomic E-state index is 0.502. The summed E-state index contributed by atoms with van der Waals surface area (Å²) in [4.78, 5) is 11.2. The molecule has 0 bridgehead atoms. The van der Waals surface area contributed by atoms with E-state index in [0.717, 1.165) is 35.5 Å². The van der Waals surface area contributed by atoms with Gasteiger partial charge < -0.3 is 10.2 Å². The molecule has 22 heavy (non-hydrogen) atoms. The van der Waals surface area contributed by atoms with Gasteiger partial charge in [-0.25, -0.2) is 0 Å². The highest BCUT2D eigenvalue weighted by Crippen LogP contribution is 2.24. The first-order chi connectivity index (χ1) is 10.9. The first-order valence-corrected chi connectivity index (χ1v) is 7.45. The van der Waals surface area contributed by atoms with Crippen molar-refractivity contribution in [3.63, 3.8) is 0 Å². The predicted octanol–water partition coefficient (Wildman–Crippen LogP) is 2.76. The Hall–Kier alpha value is -2.76. The Morgan fingerprint density at radius 2 is 1.91 bits per heavy atom. The minimum Gasteiger partial charge on any atom is -0.355 e. The molecule has 1 aliphatic rings. The van der Waals surface area contributed by atoms with Gasteiger partial charge in [-0.1, -0.05) is 18.2 Å². The van der Waals surface area contributed by atoms with Crippen molar-refractivity contribution in [2.75, 3.05) is 23.3 Å². The van der Waals surface area contributed by atoms with Crippen LogP contribution >= 0.6 is 0 Å². The highest BCUT2D eigenvalue weighted by Gasteiger charge is 2.15. The second kappa shape index (κ2) is 5.55. The maximum absolute atomic E-state index is 4.57. The molecule has 1 fully saturated rings. The zero-order valence-electron chi connectivity index (χ0n) is 12.1. The summed E-state index contributed by atoms with van der Waals surface area (Å²) in [6, 6.07) is 9.96. The Kier molecular flexibility index (Phi) is 3.27. The number of nitrogens with zero attached hydrogens (tertiary/aromatic N) is 5. The van der Waals surface area contributed by atoms with Crippen LogP contribution in [0.1, 0.15) is 12.8 Å². The van der Waals surface area contributed by atoms with Gasteiger partial charge >= 0.3 is 0 Å². The highest BCUT2D eigenvalue weighted by atomic mass is 15.3. The molecule has 0 unspecified atom stereocenters. The Morgan fingerprint density at radius 1 is 1.05 bits per heavy atom. The Labute approximate surface area is 128 Å². The van der Waals surface area contributed by atoms with Crippen molar-refractivity contribution >= 4 is 28.4 Å². The number of anilines is 3. The number of aromatic nitrogens is 4. The fourth-order valence-electron chi connectivity index (χ4n) is 2.77. The summed E-state index contributed by atoms with van der Waals surface area (Å²) in [5.41, 5.74) is 1.79. The van der Waals surface area contributed by atoms with Crippen LogP contribution in [0, 0.1) is 0 Å². The van der Waals surface area contributed by atoms with Gasteiger partial charge in [0.2, 0.25) is 5.95 Å². The Balaban J connectivity index is 1.66. The Bertz CT molecular complexity index is 792. The highest BCUT2D eigenvalue weighted by molar-refractivity contribution is 5.91. The molecule has 1 saturated heterocycles. The van der Waals surface area contributed by atoms with E-state index in [-0.39, 0.29) is 0 Å². The molecule has 2 aromatic heterocycles. The van der Waals surface area contributed by atoms with E-state index in [1.54, 1.807) is 12.4 Å². The van der Waals surface area contributed by atoms with Gasteiger partial charge in [-0.2, -0.15) is 10.1 Å². The second-order valence-corrected chi connectivity index (χ2v) is 5.34. The van der Waals surface area contributed by atoms with E-state index in [4.69, 9.17) is 0 Å². The molecule has 0 saturated carbocycles. The van der Waals surface area contributed by atoms with E-state index in [2.05, 4.69) is 30.4 Å². The van der Waals surface area contributed by atoms with Crippen LogP contribution in [-0.2, 0) is 0 Å². The molecule has 6 heteroatoms. The molecule has 0 atom stereocenters. The van der Waals surface area contributed by atoms with E-state index in [0.29, 0.717) is 5.95 Å². The Morgan fingerprint density at radius 3 is 2.82 bits per heavy atom. The number of fused-ring (bicyclic) bond motifs is 1. The van der Waals surface area contributed by atoms with Crippen LogP contribution in [0.3, 0.4) is 0 Å². The number of benzene rings is 1. The van der Waals surface area contributed by atoms with Crippen molar-refractivity contribution in [1.82, 2.24) is 20.2 Å². The van der Waals surface area contributed by atoms with Crippen LogP contribution < -0.4 is 10.2 Å². The average Bonchev–Trinajstić information content (AvgIpc) is 3.10. The molecule has 1 N–H and O–H groups in total. The van der Waals surface area contributed by atoms with Crippen molar-refractivity contribution in [2.24, 2.45) is 0 Å². The lowest BCUT2D eigenvalue weighted by Gasteiger charge is -2.16. The third-order valence-corrected chi connectivity index (χ3v) is 3.86. The molecule has 0 spiro atoms. The lowest BCUT2D eigenvalue weighted by Crippen LogP contribution is -2.19. The number of nitrogens with one attached hydrogen (secondary N) is 1. The van der Waals surface area contributed by atoms with E-state index < -0.39 is 0 Å². The van der Waals surface area contributed by atoms with Crippen LogP contribution in [0.4, 0.5) is 17.5 Å². The van der Waals surface area contributed by atoms with E-state index >= 15 is 0 Å². The summed E-state index contributed by atoms with van der Waals surface area (Å²) in [5, 5.41) is 12.5. The molecular formula is C16H16N6. The topological polar surface area (TPSA) is 66.8 Å². The number of pyridine rings is 1. The van der Waals surface area contributed by atoms with Gasteiger partial charge in [-0.3, -0.25) is 4.98 Å². The number of rotatable bonds is 3. The number of hydrogen-bond donors (Lipinski definition) is 1. The number of para-hydroxylation sites is 1. The maximum Gasteiger partial charge on any atom is 0.249 e. The molecule has 3 heterocycles. The molecule has 1 aromatic carbocycles. The summed E-state index contributed by atoms with van der Waals surface area (Å²) < 4.78 is 0. The minimum absolute atomic E-state index is 0.502. The van der Waals surface area contributed by atoms with Gasteiger partial charge in [0, 0.05) is 24.7 Å². The van der Waals surface area contributed by atoms with E-state index in [1.165, 1.54) is 12.8 Å². The third-order valence-electron chi connectivity index (χ3n) is 3.86. The van der Waals surface area contributed by atoms with Crippen LogP contribution in [-0.4, -0.2) is 33.3 Å². The molecule has 6 nitrogen and oxygen atoms in total. The fourth-order valence-corrected chi connectivity index (χ4v) is 2.77. The van der Waals surface area contributed by atoms with Gasteiger partial charge in [0.05, 0.1) is 17.4 Å². The molecular weight excluding hydrogens is 276 g/mol. The predicted molar refractivity (Wildman–Crippen MR) is 86.3 cm³/mol. The van der Waals surface area contributed by atoms with Crippen molar-refractivity contribution in [1.29, 1.82) is 0 Å². The maximum atomic E-state index is 4.57. The summed E-state index contributed by atoms with van der Waals surface area (Å²) in [6.45, 7) is 2.07. The molecule has 1 aliphatic heterocycles. The van der Waals surface area contributed by atoms with Crippen molar-refractivity contribution < 1.29 is 0 Å². The zero-order valence-corrected chi connectivity index (χ0v) is 12.1. The monoisotopic (exact) mass is 292 g/mol. The average molecular weight is 292 g/mol. The van der Waals surface area contributed by atoms with Crippen molar-refractivity contribution in [2.45, 2.75) is 12.8 Å². The SMILES string of the molecule is c1cnc2c(Nc3nncc(N4CCCC4)n3)cccc2c1. The van der Waals surface area contributed by atoms with Crippen LogP contribution in [0.25, 0.3) is 10.9 Å². The number of hydrogen-bond acceptors (Lipinski definition) is 6. The summed E-state index contributed by atoms with van der Waals surface area (Å²) in [6.07, 6.45) is 5.92. The first-order valence-electron chi connectivity index (χ1n) is 7.45. The summed E-state index contributed by atoms with van der Waals surface area (Å²) in [5.74, 6) is 1.38. The first kappa shape index (κ1) is 12.9. The van der Waals surface area contributed by atoms with Gasteiger partial charge in [-0.15, -0.1) is 5.10 Å². The largest absolute Gasteiger partial charge is 0.355 e. The van der Waals surface area contributed by atoms with Crippen molar-refractivity contribution in [3.8, 4) is 0 Å². The van der Waals surface area contributed by atoms with Crippen LogP contribution in [0.2, 0.25) is 0 Å². The lowest BCUT2D eigenvalue weighted by molar-refractivity contribution is 0.891. The molecule has 3 aromatic rings. The van der Waals surface area contributed by atoms with E-state index in [9.17, 15) is 0 Å². The van der Waals surface area contributed by atoms with Crippen LogP contribution in [0.15, 0.2) is 42.7 Å². The molecule has 110 valence electrons. The molecule has 0 aliphatic carbocycles. The normalized spacial score (nSPS) is 14.5. The molecule has 4 rings (SSSR count). The van der Waals surface area contributed by atoms with Gasteiger partial charge in [0.1, 0.15) is 0 Å². The molecule has 0 radical (unpaired) electrons. The standard InChI is InChI=1S/C16H16N6/c1-2-10-22(9-1)14-11-18-21-16(20-14)19-13-7-3-5-12-6-4-8-17-15(12)13/h3-8,11H,1-2,9-10H2,(H,19,20,21). The third kappa shape index (κ3) is 2.43. The fraction of sp³-hybridized carbons (Fsp3) is 0.250. The smallest absolute Gasteiger partial charge is 0.249 e. The summed E-state index contributed by atoms with van der Waals surface area (Å²) in [7, 11) is 0. The van der Waals surface area contributed by atoms with Crippen LogP contribution in [0.5, 0.6) is 0 Å². The van der Waals surface area contributed by atoms with Gasteiger partial charge in [-0.05, 0) is 25.0 Å². The van der Waals surface area contributed by atoms with Crippen molar-refractivity contribution in [3.05, 3.63) is 42.7 Å². The second-order valence-electron chi connectivity index (χ2n) is 5.34. The lowest BCUT2D eigenvalue weighted by atomic mass is 10.2. The zero-order chi connectivity index (χ0) is 14.8. The quantitative estimate of drug-likeness (QED) is 0.800. The van der Waals surface area contributed by atoms with Gasteiger partial charge in [0.15, 0.2) is 5.82 Å². The van der Waals surface area contributed by atoms with E-state index in [1.807, 2.05) is 30.3 Å². The van der Waals surface area contributed by atoms with Gasteiger partial charge in [0.25, 0.3) is 0 Å². The summed E-state index contributed by atoms with van der Waals surface area (Å²) >= 11 is 0.